The van der Waals surface area contributed by atoms with Crippen molar-refractivity contribution in [3.8, 4) is 11.5 Å². The quantitative estimate of drug-likeness (QED) is 0.375. The Labute approximate surface area is 223 Å². The van der Waals surface area contributed by atoms with Crippen molar-refractivity contribution in [1.29, 1.82) is 0 Å². The number of piperidine rings is 1. The van der Waals surface area contributed by atoms with Crippen LogP contribution in [0.1, 0.15) is 55.8 Å². The number of nitrogens with one attached hydrogen (secondary N) is 1. The first-order chi connectivity index (χ1) is 18.0. The van der Waals surface area contributed by atoms with E-state index in [2.05, 4.69) is 30.0 Å². The molecule has 10 nitrogen and oxygen atoms in total. The summed E-state index contributed by atoms with van der Waals surface area (Å²) in [4.78, 5) is 38.4. The first-order valence-corrected chi connectivity index (χ1v) is 13.3. The van der Waals surface area contributed by atoms with Gasteiger partial charge in [0.1, 0.15) is 11.5 Å². The molecule has 4 aromatic rings. The number of halogens is 2. The highest BCUT2D eigenvalue weighted by molar-refractivity contribution is 6.42. The number of aromatic amines is 1. The Balaban J connectivity index is 1.03. The number of carbonyl (C=O) groups excluding carboxylic acids is 1. The molecule has 2 fully saturated rings. The van der Waals surface area contributed by atoms with Crippen molar-refractivity contribution in [1.82, 2.24) is 39.9 Å². The van der Waals surface area contributed by atoms with E-state index >= 15 is 0 Å². The zero-order chi connectivity index (χ0) is 25.4. The van der Waals surface area contributed by atoms with Crippen molar-refractivity contribution >= 4 is 40.1 Å². The minimum atomic E-state index is -0.0517. The lowest BCUT2D eigenvalue weighted by molar-refractivity contribution is -0.132. The molecule has 0 unspecified atom stereocenters. The van der Waals surface area contributed by atoms with E-state index in [0.717, 1.165) is 68.7 Å². The average molecular weight is 541 g/mol. The zero-order valence-electron chi connectivity index (χ0n) is 20.1. The van der Waals surface area contributed by atoms with Crippen molar-refractivity contribution in [3.63, 3.8) is 0 Å². The van der Waals surface area contributed by atoms with Crippen LogP contribution >= 0.6 is 23.2 Å². The van der Waals surface area contributed by atoms with E-state index in [1.807, 2.05) is 4.90 Å². The molecule has 0 aliphatic carbocycles. The largest absolute Gasteiger partial charge is 0.340 e. The number of aromatic nitrogens is 6. The monoisotopic (exact) mass is 540 g/mol. The number of H-pyrrole nitrogens is 1. The Morgan fingerprint density at radius 1 is 1.08 bits per heavy atom. The number of carbonyl (C=O) groups is 1. The van der Waals surface area contributed by atoms with Gasteiger partial charge >= 0.3 is 0 Å². The lowest BCUT2D eigenvalue weighted by Gasteiger charge is -2.31. The van der Waals surface area contributed by atoms with Gasteiger partial charge in [0.05, 0.1) is 33.3 Å². The van der Waals surface area contributed by atoms with Crippen LogP contribution in [0.25, 0.3) is 22.6 Å². The molecule has 1 atom stereocenters. The van der Waals surface area contributed by atoms with Gasteiger partial charge in [-0.2, -0.15) is 4.98 Å². The summed E-state index contributed by atoms with van der Waals surface area (Å²) in [6.45, 7) is 3.24. The van der Waals surface area contributed by atoms with Crippen LogP contribution in [0.4, 0.5) is 0 Å². The van der Waals surface area contributed by atoms with Crippen LogP contribution < -0.4 is 0 Å². The Morgan fingerprint density at radius 3 is 2.73 bits per heavy atom. The average Bonchev–Trinajstić information content (AvgIpc) is 3.68. The number of amides is 1. The molecule has 6 rings (SSSR count). The SMILES string of the molecule is O=C(CCN1CCC(c2nc(-c3cnccn3)no2)CC1)N1CCC[C@H]1c1nc2cc(Cl)c(Cl)cc2[nH]1. The Bertz CT molecular complexity index is 1360. The zero-order valence-corrected chi connectivity index (χ0v) is 21.6. The number of rotatable bonds is 6. The van der Waals surface area contributed by atoms with Crippen molar-refractivity contribution in [2.24, 2.45) is 0 Å². The van der Waals surface area contributed by atoms with Gasteiger partial charge in [-0.3, -0.25) is 9.78 Å². The fourth-order valence-corrected chi connectivity index (χ4v) is 5.57. The molecule has 0 saturated carbocycles. The molecule has 12 heteroatoms. The molecular formula is C25H26Cl2N8O2. The number of likely N-dealkylation sites (tertiary alicyclic amines) is 2. The summed E-state index contributed by atoms with van der Waals surface area (Å²) in [5, 5.41) is 5.02. The van der Waals surface area contributed by atoms with Gasteiger partial charge in [-0.05, 0) is 50.9 Å². The normalized spacial score (nSPS) is 19.2. The molecular weight excluding hydrogens is 515 g/mol. The van der Waals surface area contributed by atoms with Crippen LogP contribution in [0.5, 0.6) is 0 Å². The van der Waals surface area contributed by atoms with Crippen LogP contribution in [-0.2, 0) is 4.79 Å². The van der Waals surface area contributed by atoms with Gasteiger partial charge in [-0.25, -0.2) is 9.97 Å². The second-order valence-corrected chi connectivity index (χ2v) is 10.4. The van der Waals surface area contributed by atoms with Gasteiger partial charge in [0.15, 0.2) is 0 Å². The fourth-order valence-electron chi connectivity index (χ4n) is 5.25. The van der Waals surface area contributed by atoms with Crippen LogP contribution in [0, 0.1) is 0 Å². The van der Waals surface area contributed by atoms with Gasteiger partial charge in [-0.1, -0.05) is 28.4 Å². The summed E-state index contributed by atoms with van der Waals surface area (Å²) in [6, 6.07) is 3.49. The predicted molar refractivity (Wildman–Crippen MR) is 138 cm³/mol. The van der Waals surface area contributed by atoms with Gasteiger partial charge in [0.25, 0.3) is 0 Å². The molecule has 2 aliphatic rings. The second kappa shape index (κ2) is 10.4. The molecule has 0 radical (unpaired) electrons. The molecule has 2 saturated heterocycles. The summed E-state index contributed by atoms with van der Waals surface area (Å²) >= 11 is 12.3. The first kappa shape index (κ1) is 24.3. The minimum Gasteiger partial charge on any atom is -0.340 e. The molecule has 0 bridgehead atoms. The summed E-state index contributed by atoms with van der Waals surface area (Å²) in [5.41, 5.74) is 2.19. The maximum Gasteiger partial charge on any atom is 0.230 e. The van der Waals surface area contributed by atoms with E-state index in [-0.39, 0.29) is 17.9 Å². The van der Waals surface area contributed by atoms with Crippen molar-refractivity contribution in [2.75, 3.05) is 26.2 Å². The highest BCUT2D eigenvalue weighted by atomic mass is 35.5. The smallest absolute Gasteiger partial charge is 0.230 e. The van der Waals surface area contributed by atoms with Crippen LogP contribution in [0.3, 0.4) is 0 Å². The molecule has 37 heavy (non-hydrogen) atoms. The van der Waals surface area contributed by atoms with E-state index in [1.165, 1.54) is 0 Å². The molecule has 3 aromatic heterocycles. The standard InChI is InChI=1S/C25H26Cl2N8O2/c26-16-12-18-19(13-17(16)27)31-24(30-18)21-2-1-8-35(21)22(36)5-11-34-9-3-15(4-10-34)25-32-23(33-37-25)20-14-28-6-7-29-20/h6-7,12-15,21H,1-5,8-11H2,(H,30,31)/t21-/m0/s1. The van der Waals surface area contributed by atoms with Gasteiger partial charge in [0.2, 0.25) is 17.6 Å². The third-order valence-electron chi connectivity index (χ3n) is 7.24. The van der Waals surface area contributed by atoms with Crippen molar-refractivity contribution < 1.29 is 9.32 Å². The number of fused-ring (bicyclic) bond motifs is 1. The van der Waals surface area contributed by atoms with Crippen LogP contribution in [0.15, 0.2) is 35.2 Å². The topological polar surface area (TPSA) is 117 Å². The summed E-state index contributed by atoms with van der Waals surface area (Å²) in [5.74, 6) is 2.27. The number of imidazole rings is 1. The Hall–Kier alpha value is -3.08. The highest BCUT2D eigenvalue weighted by Gasteiger charge is 2.33. The van der Waals surface area contributed by atoms with E-state index < -0.39 is 0 Å². The van der Waals surface area contributed by atoms with E-state index in [0.29, 0.717) is 33.9 Å². The van der Waals surface area contributed by atoms with Gasteiger partial charge < -0.3 is 19.3 Å². The number of benzene rings is 1. The van der Waals surface area contributed by atoms with Crippen molar-refractivity contribution in [3.05, 3.63) is 52.5 Å². The van der Waals surface area contributed by atoms with Gasteiger partial charge in [-0.15, -0.1) is 0 Å². The predicted octanol–water partition coefficient (Wildman–Crippen LogP) is 4.64. The van der Waals surface area contributed by atoms with Crippen LogP contribution in [-0.4, -0.2) is 72.0 Å². The highest BCUT2D eigenvalue weighted by Crippen LogP contribution is 2.34. The molecule has 5 heterocycles. The summed E-state index contributed by atoms with van der Waals surface area (Å²) in [7, 11) is 0. The third-order valence-corrected chi connectivity index (χ3v) is 7.97. The Morgan fingerprint density at radius 2 is 1.92 bits per heavy atom. The summed E-state index contributed by atoms with van der Waals surface area (Å²) in [6.07, 6.45) is 8.99. The fraction of sp³-hybridized carbons (Fsp3) is 0.440. The summed E-state index contributed by atoms with van der Waals surface area (Å²) < 4.78 is 5.52. The molecule has 192 valence electrons. The Kier molecular flexibility index (Phi) is 6.79. The molecule has 0 spiro atoms. The molecule has 2 aliphatic heterocycles. The second-order valence-electron chi connectivity index (χ2n) is 9.56. The maximum absolute atomic E-state index is 13.2. The molecule has 1 N–H and O–H groups in total. The van der Waals surface area contributed by atoms with E-state index in [9.17, 15) is 4.79 Å². The maximum atomic E-state index is 13.2. The van der Waals surface area contributed by atoms with Crippen LogP contribution in [0.2, 0.25) is 10.0 Å². The van der Waals surface area contributed by atoms with E-state index in [1.54, 1.807) is 30.7 Å². The molecule has 1 amide bonds. The lowest BCUT2D eigenvalue weighted by atomic mass is 9.96. The number of hydrogen-bond donors (Lipinski definition) is 1. The lowest BCUT2D eigenvalue weighted by Crippen LogP contribution is -2.37. The number of nitrogens with zero attached hydrogens (tertiary/aromatic N) is 7. The first-order valence-electron chi connectivity index (χ1n) is 12.5. The third kappa shape index (κ3) is 5.05. The molecule has 1 aromatic carbocycles. The van der Waals surface area contributed by atoms with E-state index in [4.69, 9.17) is 32.7 Å². The minimum absolute atomic E-state index is 0.0517. The number of hydrogen-bond acceptors (Lipinski definition) is 8. The van der Waals surface area contributed by atoms with Crippen molar-refractivity contribution in [2.45, 2.75) is 44.1 Å². The van der Waals surface area contributed by atoms with Gasteiger partial charge in [0, 0.05) is 37.8 Å².